The third-order valence-corrected chi connectivity index (χ3v) is 3.82. The summed E-state index contributed by atoms with van der Waals surface area (Å²) in [4.78, 5) is 0. The van der Waals surface area contributed by atoms with Crippen LogP contribution in [0.15, 0.2) is 22.8 Å². The van der Waals surface area contributed by atoms with Crippen LogP contribution >= 0.6 is 0 Å². The molecule has 0 aliphatic heterocycles. The van der Waals surface area contributed by atoms with Crippen molar-refractivity contribution in [2.45, 2.75) is 51.7 Å². The topological polar surface area (TPSA) is 34.4 Å². The zero-order chi connectivity index (χ0) is 12.6. The highest BCUT2D eigenvalue weighted by atomic mass is 16.5. The van der Waals surface area contributed by atoms with E-state index in [9.17, 15) is 0 Å². The maximum atomic E-state index is 5.94. The predicted molar refractivity (Wildman–Crippen MR) is 72.4 cm³/mol. The van der Waals surface area contributed by atoms with Gasteiger partial charge in [0.25, 0.3) is 0 Å². The highest BCUT2D eigenvalue weighted by Crippen LogP contribution is 2.28. The standard InChI is InChI=1S/C15H25NO2/c1-2-13-5-3-6-14(11-13)18-10-8-16-12-15-7-4-9-17-15/h4,7,9,13-14,16H,2-3,5-6,8,10-12H2,1H3. The summed E-state index contributed by atoms with van der Waals surface area (Å²) in [5.74, 6) is 1.87. The SMILES string of the molecule is CCC1CCCC(OCCNCc2ccco2)C1. The molecular weight excluding hydrogens is 226 g/mol. The molecule has 2 unspecified atom stereocenters. The molecule has 1 aliphatic carbocycles. The third-order valence-electron chi connectivity index (χ3n) is 3.82. The van der Waals surface area contributed by atoms with E-state index in [-0.39, 0.29) is 0 Å². The Morgan fingerprint density at radius 1 is 1.44 bits per heavy atom. The van der Waals surface area contributed by atoms with E-state index in [4.69, 9.17) is 9.15 Å². The lowest BCUT2D eigenvalue weighted by atomic mass is 9.85. The Balaban J connectivity index is 1.52. The van der Waals surface area contributed by atoms with E-state index < -0.39 is 0 Å². The van der Waals surface area contributed by atoms with Crippen molar-refractivity contribution >= 4 is 0 Å². The second-order valence-electron chi connectivity index (χ2n) is 5.19. The summed E-state index contributed by atoms with van der Waals surface area (Å²) < 4.78 is 11.2. The number of hydrogen-bond donors (Lipinski definition) is 1. The van der Waals surface area contributed by atoms with Gasteiger partial charge < -0.3 is 14.5 Å². The van der Waals surface area contributed by atoms with Crippen LogP contribution in [0.4, 0.5) is 0 Å². The molecule has 3 nitrogen and oxygen atoms in total. The summed E-state index contributed by atoms with van der Waals surface area (Å²) in [6.45, 7) is 4.78. The third kappa shape index (κ3) is 4.46. The zero-order valence-electron chi connectivity index (χ0n) is 11.4. The number of ether oxygens (including phenoxy) is 1. The van der Waals surface area contributed by atoms with Crippen LogP contribution in [0.2, 0.25) is 0 Å². The Labute approximate surface area is 110 Å². The number of furan rings is 1. The summed E-state index contributed by atoms with van der Waals surface area (Å²) in [7, 11) is 0. The van der Waals surface area contributed by atoms with Crippen molar-refractivity contribution < 1.29 is 9.15 Å². The van der Waals surface area contributed by atoms with Crippen molar-refractivity contribution in [3.63, 3.8) is 0 Å². The van der Waals surface area contributed by atoms with Gasteiger partial charge in [-0.15, -0.1) is 0 Å². The molecule has 0 amide bonds. The van der Waals surface area contributed by atoms with Crippen LogP contribution in [0.3, 0.4) is 0 Å². The molecule has 1 fully saturated rings. The van der Waals surface area contributed by atoms with E-state index in [1.165, 1.54) is 32.1 Å². The molecule has 1 heterocycles. The van der Waals surface area contributed by atoms with Crippen LogP contribution in [0.1, 0.15) is 44.8 Å². The summed E-state index contributed by atoms with van der Waals surface area (Å²) in [6, 6.07) is 3.90. The molecule has 1 aliphatic rings. The van der Waals surface area contributed by atoms with Crippen molar-refractivity contribution in [2.75, 3.05) is 13.2 Å². The van der Waals surface area contributed by atoms with Gasteiger partial charge in [0.2, 0.25) is 0 Å². The molecule has 3 heteroatoms. The predicted octanol–water partition coefficient (Wildman–Crippen LogP) is 3.35. The van der Waals surface area contributed by atoms with Crippen molar-refractivity contribution in [1.29, 1.82) is 0 Å². The smallest absolute Gasteiger partial charge is 0.117 e. The number of nitrogens with one attached hydrogen (secondary N) is 1. The molecule has 1 N–H and O–H groups in total. The van der Waals surface area contributed by atoms with Crippen LogP contribution in [-0.4, -0.2) is 19.3 Å². The Kier molecular flexibility index (Phi) is 5.75. The molecule has 1 aromatic rings. The van der Waals surface area contributed by atoms with E-state index in [0.29, 0.717) is 6.10 Å². The van der Waals surface area contributed by atoms with Crippen molar-refractivity contribution in [3.05, 3.63) is 24.2 Å². The maximum Gasteiger partial charge on any atom is 0.117 e. The molecular formula is C15H25NO2. The molecule has 2 rings (SSSR count). The minimum Gasteiger partial charge on any atom is -0.468 e. The van der Waals surface area contributed by atoms with Crippen LogP contribution < -0.4 is 5.32 Å². The van der Waals surface area contributed by atoms with Gasteiger partial charge in [-0.3, -0.25) is 0 Å². The lowest BCUT2D eigenvalue weighted by molar-refractivity contribution is 0.0141. The first-order valence-electron chi connectivity index (χ1n) is 7.23. The van der Waals surface area contributed by atoms with Crippen molar-refractivity contribution in [2.24, 2.45) is 5.92 Å². The second kappa shape index (κ2) is 7.59. The Morgan fingerprint density at radius 2 is 2.39 bits per heavy atom. The van der Waals surface area contributed by atoms with E-state index in [1.54, 1.807) is 6.26 Å². The molecule has 0 radical (unpaired) electrons. The maximum absolute atomic E-state index is 5.94. The Morgan fingerprint density at radius 3 is 3.17 bits per heavy atom. The molecule has 0 saturated heterocycles. The van der Waals surface area contributed by atoms with Crippen LogP contribution in [0, 0.1) is 5.92 Å². The molecule has 102 valence electrons. The summed E-state index contributed by atoms with van der Waals surface area (Å²) in [6.07, 6.45) is 8.74. The van der Waals surface area contributed by atoms with Crippen LogP contribution in [0.5, 0.6) is 0 Å². The molecule has 0 aromatic carbocycles. The Bertz CT molecular complexity index is 310. The highest BCUT2D eigenvalue weighted by Gasteiger charge is 2.20. The van der Waals surface area contributed by atoms with Gasteiger partial charge in [-0.2, -0.15) is 0 Å². The fraction of sp³-hybridized carbons (Fsp3) is 0.733. The Hall–Kier alpha value is -0.800. The van der Waals surface area contributed by atoms with Gasteiger partial charge in [0.1, 0.15) is 5.76 Å². The first-order valence-corrected chi connectivity index (χ1v) is 7.23. The number of rotatable bonds is 7. The first-order chi connectivity index (χ1) is 8.88. The lowest BCUT2D eigenvalue weighted by Crippen LogP contribution is -2.26. The van der Waals surface area contributed by atoms with Crippen molar-refractivity contribution in [3.8, 4) is 0 Å². The number of hydrogen-bond acceptors (Lipinski definition) is 3. The van der Waals surface area contributed by atoms with E-state index in [1.807, 2.05) is 12.1 Å². The monoisotopic (exact) mass is 251 g/mol. The van der Waals surface area contributed by atoms with Crippen LogP contribution in [0.25, 0.3) is 0 Å². The largest absolute Gasteiger partial charge is 0.468 e. The molecule has 2 atom stereocenters. The molecule has 0 bridgehead atoms. The van der Waals surface area contributed by atoms with Gasteiger partial charge in [0.05, 0.1) is 25.5 Å². The van der Waals surface area contributed by atoms with Crippen molar-refractivity contribution in [1.82, 2.24) is 5.32 Å². The highest BCUT2D eigenvalue weighted by molar-refractivity contribution is 4.97. The quantitative estimate of drug-likeness (QED) is 0.755. The average Bonchev–Trinajstić information content (AvgIpc) is 2.92. The van der Waals surface area contributed by atoms with Gasteiger partial charge in [0, 0.05) is 6.54 Å². The minimum atomic E-state index is 0.495. The summed E-state index contributed by atoms with van der Waals surface area (Å²) in [5.41, 5.74) is 0. The fourth-order valence-electron chi connectivity index (χ4n) is 2.69. The van der Waals surface area contributed by atoms with E-state index in [2.05, 4.69) is 12.2 Å². The molecule has 1 aromatic heterocycles. The van der Waals surface area contributed by atoms with Gasteiger partial charge in [-0.1, -0.05) is 26.2 Å². The second-order valence-corrected chi connectivity index (χ2v) is 5.19. The molecule has 1 saturated carbocycles. The summed E-state index contributed by atoms with van der Waals surface area (Å²) in [5, 5.41) is 3.33. The lowest BCUT2D eigenvalue weighted by Gasteiger charge is -2.28. The average molecular weight is 251 g/mol. The van der Waals surface area contributed by atoms with Crippen LogP contribution in [-0.2, 0) is 11.3 Å². The van der Waals surface area contributed by atoms with Gasteiger partial charge in [0.15, 0.2) is 0 Å². The zero-order valence-corrected chi connectivity index (χ0v) is 11.4. The van der Waals surface area contributed by atoms with Gasteiger partial charge in [-0.05, 0) is 30.9 Å². The normalized spacial score (nSPS) is 24.3. The van der Waals surface area contributed by atoms with Gasteiger partial charge >= 0.3 is 0 Å². The molecule has 0 spiro atoms. The molecule has 18 heavy (non-hydrogen) atoms. The van der Waals surface area contributed by atoms with E-state index in [0.717, 1.165) is 31.4 Å². The van der Waals surface area contributed by atoms with E-state index >= 15 is 0 Å². The minimum absolute atomic E-state index is 0.495. The van der Waals surface area contributed by atoms with Gasteiger partial charge in [-0.25, -0.2) is 0 Å². The first kappa shape index (κ1) is 13.6. The fourth-order valence-corrected chi connectivity index (χ4v) is 2.69. The summed E-state index contributed by atoms with van der Waals surface area (Å²) >= 11 is 0.